The molecule has 4 nitrogen and oxygen atoms in total. The van der Waals surface area contributed by atoms with E-state index in [2.05, 4.69) is 24.1 Å². The molecule has 110 valence electrons. The lowest BCUT2D eigenvalue weighted by molar-refractivity contribution is 0.102. The van der Waals surface area contributed by atoms with Crippen molar-refractivity contribution in [2.75, 3.05) is 12.4 Å². The fourth-order valence-corrected chi connectivity index (χ4v) is 2.06. The number of halogens is 1. The first kappa shape index (κ1) is 15.3. The van der Waals surface area contributed by atoms with Crippen LogP contribution in [0.25, 0.3) is 0 Å². The van der Waals surface area contributed by atoms with Crippen LogP contribution in [-0.2, 0) is 0 Å². The van der Waals surface area contributed by atoms with E-state index >= 15 is 0 Å². The van der Waals surface area contributed by atoms with E-state index in [0.29, 0.717) is 17.4 Å². The van der Waals surface area contributed by atoms with Crippen molar-refractivity contribution >= 4 is 23.2 Å². The first-order chi connectivity index (χ1) is 9.99. The maximum Gasteiger partial charge on any atom is 0.255 e. The van der Waals surface area contributed by atoms with Gasteiger partial charge in [-0.2, -0.15) is 0 Å². The van der Waals surface area contributed by atoms with Gasteiger partial charge in [0.2, 0.25) is 5.88 Å². The van der Waals surface area contributed by atoms with Crippen LogP contribution in [0, 0.1) is 0 Å². The van der Waals surface area contributed by atoms with E-state index in [1.807, 2.05) is 24.3 Å². The Bertz CT molecular complexity index is 639. The molecule has 0 saturated carbocycles. The van der Waals surface area contributed by atoms with Gasteiger partial charge in [0.25, 0.3) is 5.91 Å². The van der Waals surface area contributed by atoms with Gasteiger partial charge >= 0.3 is 0 Å². The Balaban J connectivity index is 2.15. The highest BCUT2D eigenvalue weighted by atomic mass is 35.5. The van der Waals surface area contributed by atoms with Crippen molar-refractivity contribution in [1.82, 2.24) is 4.98 Å². The smallest absolute Gasteiger partial charge is 0.255 e. The summed E-state index contributed by atoms with van der Waals surface area (Å²) in [4.78, 5) is 16.1. The minimum Gasteiger partial charge on any atom is -0.481 e. The van der Waals surface area contributed by atoms with Crippen LogP contribution < -0.4 is 10.1 Å². The first-order valence-corrected chi connectivity index (χ1v) is 7.00. The zero-order valence-electron chi connectivity index (χ0n) is 12.2. The average molecular weight is 305 g/mol. The van der Waals surface area contributed by atoms with Gasteiger partial charge in [0, 0.05) is 17.3 Å². The number of nitrogens with one attached hydrogen (secondary N) is 1. The average Bonchev–Trinajstić information content (AvgIpc) is 2.47. The highest BCUT2D eigenvalue weighted by molar-refractivity contribution is 6.30. The summed E-state index contributed by atoms with van der Waals surface area (Å²) in [5.41, 5.74) is 2.36. The molecule has 21 heavy (non-hydrogen) atoms. The van der Waals surface area contributed by atoms with Crippen LogP contribution in [0.5, 0.6) is 5.88 Å². The van der Waals surface area contributed by atoms with E-state index in [4.69, 9.17) is 16.3 Å². The van der Waals surface area contributed by atoms with Crippen molar-refractivity contribution in [1.29, 1.82) is 0 Å². The predicted octanol–water partition coefficient (Wildman–Crippen LogP) is 4.12. The first-order valence-electron chi connectivity index (χ1n) is 6.62. The summed E-state index contributed by atoms with van der Waals surface area (Å²) < 4.78 is 5.00. The molecule has 0 aliphatic carbocycles. The van der Waals surface area contributed by atoms with Crippen molar-refractivity contribution < 1.29 is 9.53 Å². The molecule has 5 heteroatoms. The standard InChI is InChI=1S/C16H17ClN2O2/c1-10(2)11-4-6-13(7-5-11)18-16(20)12-8-14(17)19-15(9-12)21-3/h4-10H,1-3H3,(H,18,20). The van der Waals surface area contributed by atoms with Crippen LogP contribution in [0.15, 0.2) is 36.4 Å². The van der Waals surface area contributed by atoms with E-state index < -0.39 is 0 Å². The summed E-state index contributed by atoms with van der Waals surface area (Å²) >= 11 is 5.86. The second kappa shape index (κ2) is 6.59. The topological polar surface area (TPSA) is 51.2 Å². The largest absolute Gasteiger partial charge is 0.481 e. The lowest BCUT2D eigenvalue weighted by atomic mass is 10.0. The number of anilines is 1. The zero-order chi connectivity index (χ0) is 15.4. The second-order valence-corrected chi connectivity index (χ2v) is 5.34. The van der Waals surface area contributed by atoms with Crippen LogP contribution >= 0.6 is 11.6 Å². The maximum absolute atomic E-state index is 12.2. The summed E-state index contributed by atoms with van der Waals surface area (Å²) in [6, 6.07) is 10.8. The third kappa shape index (κ3) is 3.95. The Kier molecular flexibility index (Phi) is 4.81. The van der Waals surface area contributed by atoms with Crippen LogP contribution in [0.3, 0.4) is 0 Å². The zero-order valence-corrected chi connectivity index (χ0v) is 12.9. The molecule has 0 saturated heterocycles. The van der Waals surface area contributed by atoms with Gasteiger partial charge in [-0.1, -0.05) is 37.6 Å². The number of aromatic nitrogens is 1. The molecule has 0 aliphatic rings. The predicted molar refractivity (Wildman–Crippen MR) is 84.3 cm³/mol. The Hall–Kier alpha value is -2.07. The van der Waals surface area contributed by atoms with E-state index in [9.17, 15) is 4.79 Å². The number of benzene rings is 1. The van der Waals surface area contributed by atoms with E-state index in [1.165, 1.54) is 18.7 Å². The number of carbonyl (C=O) groups is 1. The summed E-state index contributed by atoms with van der Waals surface area (Å²) in [6.45, 7) is 4.25. The second-order valence-electron chi connectivity index (χ2n) is 4.95. The number of hydrogen-bond donors (Lipinski definition) is 1. The van der Waals surface area contributed by atoms with Crippen LogP contribution in [0.4, 0.5) is 5.69 Å². The fraction of sp³-hybridized carbons (Fsp3) is 0.250. The van der Waals surface area contributed by atoms with E-state index in [0.717, 1.165) is 5.69 Å². The summed E-state index contributed by atoms with van der Waals surface area (Å²) in [5, 5.41) is 3.04. The third-order valence-corrected chi connectivity index (χ3v) is 3.27. The van der Waals surface area contributed by atoms with Crippen molar-refractivity contribution in [3.63, 3.8) is 0 Å². The molecular formula is C16H17ClN2O2. The molecule has 1 N–H and O–H groups in total. The molecule has 1 aromatic carbocycles. The van der Waals surface area contributed by atoms with Gasteiger partial charge in [0.05, 0.1) is 7.11 Å². The molecule has 1 heterocycles. The lowest BCUT2D eigenvalue weighted by Gasteiger charge is -2.09. The number of methoxy groups -OCH3 is 1. The number of pyridine rings is 1. The molecule has 0 spiro atoms. The number of amides is 1. The molecule has 0 bridgehead atoms. The Morgan fingerprint density at radius 1 is 1.24 bits per heavy atom. The lowest BCUT2D eigenvalue weighted by Crippen LogP contribution is -2.12. The maximum atomic E-state index is 12.2. The van der Waals surface area contributed by atoms with Gasteiger partial charge in [0.1, 0.15) is 5.15 Å². The number of hydrogen-bond acceptors (Lipinski definition) is 3. The minimum atomic E-state index is -0.255. The van der Waals surface area contributed by atoms with Crippen LogP contribution in [0.2, 0.25) is 5.15 Å². The molecular weight excluding hydrogens is 288 g/mol. The highest BCUT2D eigenvalue weighted by Gasteiger charge is 2.10. The highest BCUT2D eigenvalue weighted by Crippen LogP contribution is 2.20. The van der Waals surface area contributed by atoms with Crippen molar-refractivity contribution in [3.05, 3.63) is 52.7 Å². The molecule has 0 aliphatic heterocycles. The van der Waals surface area contributed by atoms with Gasteiger partial charge in [-0.25, -0.2) is 4.98 Å². The third-order valence-electron chi connectivity index (χ3n) is 3.08. The SMILES string of the molecule is COc1cc(C(=O)Nc2ccc(C(C)C)cc2)cc(Cl)n1. The fourth-order valence-electron chi connectivity index (χ4n) is 1.86. The minimum absolute atomic E-state index is 0.217. The van der Waals surface area contributed by atoms with Crippen LogP contribution in [-0.4, -0.2) is 18.0 Å². The Morgan fingerprint density at radius 2 is 1.90 bits per heavy atom. The quantitative estimate of drug-likeness (QED) is 0.864. The number of nitrogens with zero attached hydrogens (tertiary/aromatic N) is 1. The van der Waals surface area contributed by atoms with Gasteiger partial charge < -0.3 is 10.1 Å². The number of rotatable bonds is 4. The van der Waals surface area contributed by atoms with Crippen LogP contribution in [0.1, 0.15) is 35.7 Å². The van der Waals surface area contributed by atoms with Crippen molar-refractivity contribution in [2.45, 2.75) is 19.8 Å². The van der Waals surface area contributed by atoms with Gasteiger partial charge in [-0.15, -0.1) is 0 Å². The Labute approximate surface area is 129 Å². The molecule has 0 radical (unpaired) electrons. The number of carbonyl (C=O) groups excluding carboxylic acids is 1. The van der Waals surface area contributed by atoms with Gasteiger partial charge in [-0.3, -0.25) is 4.79 Å². The Morgan fingerprint density at radius 3 is 2.48 bits per heavy atom. The molecule has 2 aromatic rings. The summed E-state index contributed by atoms with van der Waals surface area (Å²) in [7, 11) is 1.48. The molecule has 1 amide bonds. The number of ether oxygens (including phenoxy) is 1. The van der Waals surface area contributed by atoms with Crippen molar-refractivity contribution in [2.24, 2.45) is 0 Å². The normalized spacial score (nSPS) is 10.5. The monoisotopic (exact) mass is 304 g/mol. The van der Waals surface area contributed by atoms with Gasteiger partial charge in [-0.05, 0) is 29.7 Å². The van der Waals surface area contributed by atoms with E-state index in [-0.39, 0.29) is 11.1 Å². The molecule has 0 atom stereocenters. The molecule has 2 rings (SSSR count). The summed E-state index contributed by atoms with van der Waals surface area (Å²) in [6.07, 6.45) is 0. The molecule has 0 unspecified atom stereocenters. The van der Waals surface area contributed by atoms with Gasteiger partial charge in [0.15, 0.2) is 0 Å². The summed E-state index contributed by atoms with van der Waals surface area (Å²) in [5.74, 6) is 0.510. The van der Waals surface area contributed by atoms with Crippen molar-refractivity contribution in [3.8, 4) is 5.88 Å². The molecule has 1 aromatic heterocycles. The molecule has 0 fully saturated rings. The van der Waals surface area contributed by atoms with E-state index in [1.54, 1.807) is 6.07 Å².